The molecule has 0 spiro atoms. The lowest BCUT2D eigenvalue weighted by Gasteiger charge is -2.27. The minimum Gasteiger partial charge on any atom is -0.456 e. The number of rotatable bonds is 5. The van der Waals surface area contributed by atoms with Gasteiger partial charge in [-0.25, -0.2) is 4.98 Å². The summed E-state index contributed by atoms with van der Waals surface area (Å²) in [6.07, 6.45) is 0. The van der Waals surface area contributed by atoms with Crippen LogP contribution in [0, 0.1) is 0 Å². The van der Waals surface area contributed by atoms with Gasteiger partial charge in [0.2, 0.25) is 0 Å². The van der Waals surface area contributed by atoms with E-state index >= 15 is 0 Å². The van der Waals surface area contributed by atoms with E-state index in [9.17, 15) is 0 Å². The molecule has 8 rings (SSSR count). The maximum Gasteiger partial charge on any atom is 0.138 e. The van der Waals surface area contributed by atoms with E-state index in [4.69, 9.17) is 9.40 Å². The first-order valence-corrected chi connectivity index (χ1v) is 14.2. The van der Waals surface area contributed by atoms with Gasteiger partial charge in [0, 0.05) is 44.7 Å². The van der Waals surface area contributed by atoms with E-state index in [0.717, 1.165) is 72.3 Å². The van der Waals surface area contributed by atoms with E-state index in [1.165, 1.54) is 0 Å². The molecule has 198 valence electrons. The zero-order valence-corrected chi connectivity index (χ0v) is 22.8. The number of anilines is 3. The van der Waals surface area contributed by atoms with Crippen molar-refractivity contribution in [2.75, 3.05) is 4.90 Å². The molecule has 0 aliphatic rings. The topological polar surface area (TPSA) is 29.3 Å². The Labute approximate surface area is 243 Å². The summed E-state index contributed by atoms with van der Waals surface area (Å²) in [6, 6.07) is 54.6. The van der Waals surface area contributed by atoms with Crippen LogP contribution in [0.1, 0.15) is 0 Å². The molecule has 0 amide bonds. The summed E-state index contributed by atoms with van der Waals surface area (Å²) < 4.78 is 6.65. The van der Waals surface area contributed by atoms with Crippen molar-refractivity contribution in [3.05, 3.63) is 158 Å². The van der Waals surface area contributed by atoms with E-state index in [1.54, 1.807) is 0 Å². The Bertz CT molecular complexity index is 2150. The van der Waals surface area contributed by atoms with Crippen LogP contribution in [-0.4, -0.2) is 4.98 Å². The SMILES string of the molecule is c1ccc(-c2cccc(-c3cccc4oc5cc(N(c6ccccc6)c6ccccc6)c6ccccc6c5c34)n2)cc1. The monoisotopic (exact) mass is 538 g/mol. The second-order valence-corrected chi connectivity index (χ2v) is 10.4. The zero-order valence-electron chi connectivity index (χ0n) is 22.8. The molecule has 0 bridgehead atoms. The van der Waals surface area contributed by atoms with Crippen LogP contribution in [-0.2, 0) is 0 Å². The zero-order chi connectivity index (χ0) is 27.9. The lowest BCUT2D eigenvalue weighted by atomic mass is 9.97. The van der Waals surface area contributed by atoms with Crippen LogP contribution in [0.5, 0.6) is 0 Å². The Hall–Kier alpha value is -5.67. The van der Waals surface area contributed by atoms with Gasteiger partial charge in [0.15, 0.2) is 0 Å². The normalized spacial score (nSPS) is 11.3. The third kappa shape index (κ3) is 4.03. The van der Waals surface area contributed by atoms with Crippen molar-refractivity contribution in [2.24, 2.45) is 0 Å². The summed E-state index contributed by atoms with van der Waals surface area (Å²) in [5.41, 5.74) is 8.98. The van der Waals surface area contributed by atoms with Crippen molar-refractivity contribution >= 4 is 49.8 Å². The van der Waals surface area contributed by atoms with E-state index in [-0.39, 0.29) is 0 Å². The average Bonchev–Trinajstić information content (AvgIpc) is 3.45. The molecule has 2 heterocycles. The summed E-state index contributed by atoms with van der Waals surface area (Å²) in [4.78, 5) is 7.41. The molecule has 0 saturated heterocycles. The highest BCUT2D eigenvalue weighted by Crippen LogP contribution is 2.46. The standard InChI is InChI=1S/C39H26N2O/c1-4-14-27(15-5-1)33-23-13-24-34(40-33)32-22-12-25-36-39(32)38-31-21-11-10-20-30(31)35(26-37(38)42-36)41(28-16-6-2-7-17-28)29-18-8-3-9-19-29/h1-26H. The molecule has 0 fully saturated rings. The molecule has 0 aliphatic heterocycles. The Morgan fingerprint density at radius 2 is 1.05 bits per heavy atom. The number of aromatic nitrogens is 1. The van der Waals surface area contributed by atoms with E-state index < -0.39 is 0 Å². The van der Waals surface area contributed by atoms with Gasteiger partial charge < -0.3 is 9.32 Å². The molecule has 42 heavy (non-hydrogen) atoms. The predicted octanol–water partition coefficient (Wildman–Crippen LogP) is 10.9. The first kappa shape index (κ1) is 24.2. The molecule has 0 atom stereocenters. The Morgan fingerprint density at radius 1 is 0.452 bits per heavy atom. The van der Waals surface area contributed by atoms with Gasteiger partial charge in [-0.05, 0) is 47.9 Å². The fraction of sp³-hybridized carbons (Fsp3) is 0. The molecule has 3 heteroatoms. The molecule has 0 unspecified atom stereocenters. The number of pyridine rings is 1. The number of hydrogen-bond donors (Lipinski definition) is 0. The lowest BCUT2D eigenvalue weighted by Crippen LogP contribution is -2.10. The number of benzene rings is 6. The average molecular weight is 539 g/mol. The molecule has 0 aliphatic carbocycles. The van der Waals surface area contributed by atoms with E-state index in [1.807, 2.05) is 18.2 Å². The molecule has 0 N–H and O–H groups in total. The molecule has 3 nitrogen and oxygen atoms in total. The molecule has 6 aromatic carbocycles. The maximum atomic E-state index is 6.65. The highest BCUT2D eigenvalue weighted by molar-refractivity contribution is 6.25. The van der Waals surface area contributed by atoms with Gasteiger partial charge >= 0.3 is 0 Å². The number of nitrogens with zero attached hydrogens (tertiary/aromatic N) is 2. The van der Waals surface area contributed by atoms with Gasteiger partial charge in [0.25, 0.3) is 0 Å². The fourth-order valence-electron chi connectivity index (χ4n) is 6.00. The molecular formula is C39H26N2O. The second-order valence-electron chi connectivity index (χ2n) is 10.4. The summed E-state index contributed by atoms with van der Waals surface area (Å²) >= 11 is 0. The van der Waals surface area contributed by atoms with Gasteiger partial charge in [0.1, 0.15) is 11.2 Å². The predicted molar refractivity (Wildman–Crippen MR) is 175 cm³/mol. The Kier molecular flexibility index (Phi) is 5.79. The number of para-hydroxylation sites is 2. The van der Waals surface area contributed by atoms with E-state index in [0.29, 0.717) is 0 Å². The van der Waals surface area contributed by atoms with Gasteiger partial charge in [0.05, 0.1) is 17.1 Å². The van der Waals surface area contributed by atoms with Gasteiger partial charge in [-0.2, -0.15) is 0 Å². The van der Waals surface area contributed by atoms with Crippen LogP contribution in [0.4, 0.5) is 17.1 Å². The van der Waals surface area contributed by atoms with Crippen LogP contribution in [0.3, 0.4) is 0 Å². The quantitative estimate of drug-likeness (QED) is 0.218. The minimum atomic E-state index is 0.849. The smallest absolute Gasteiger partial charge is 0.138 e. The third-order valence-electron chi connectivity index (χ3n) is 7.85. The largest absolute Gasteiger partial charge is 0.456 e. The van der Waals surface area contributed by atoms with Crippen LogP contribution in [0.2, 0.25) is 0 Å². The van der Waals surface area contributed by atoms with Crippen molar-refractivity contribution in [1.82, 2.24) is 4.98 Å². The number of fused-ring (bicyclic) bond motifs is 5. The molecule has 2 aromatic heterocycles. The van der Waals surface area contributed by atoms with Crippen molar-refractivity contribution in [3.63, 3.8) is 0 Å². The van der Waals surface area contributed by atoms with E-state index in [2.05, 4.69) is 144 Å². The van der Waals surface area contributed by atoms with Crippen molar-refractivity contribution in [3.8, 4) is 22.5 Å². The van der Waals surface area contributed by atoms with Crippen LogP contribution >= 0.6 is 0 Å². The number of hydrogen-bond acceptors (Lipinski definition) is 3. The van der Waals surface area contributed by atoms with Gasteiger partial charge in [-0.1, -0.05) is 109 Å². The first-order valence-electron chi connectivity index (χ1n) is 14.2. The molecule has 0 radical (unpaired) electrons. The van der Waals surface area contributed by atoms with Crippen molar-refractivity contribution in [2.45, 2.75) is 0 Å². The molecule has 0 saturated carbocycles. The highest BCUT2D eigenvalue weighted by atomic mass is 16.3. The molecular weight excluding hydrogens is 512 g/mol. The summed E-state index contributed by atoms with van der Waals surface area (Å²) in [5.74, 6) is 0. The van der Waals surface area contributed by atoms with Crippen LogP contribution in [0.15, 0.2) is 162 Å². The second kappa shape index (κ2) is 10.1. The lowest BCUT2D eigenvalue weighted by molar-refractivity contribution is 0.669. The molecule has 8 aromatic rings. The highest BCUT2D eigenvalue weighted by Gasteiger charge is 2.21. The Morgan fingerprint density at radius 3 is 1.76 bits per heavy atom. The number of furan rings is 1. The fourth-order valence-corrected chi connectivity index (χ4v) is 6.00. The van der Waals surface area contributed by atoms with Crippen LogP contribution in [0.25, 0.3) is 55.2 Å². The Balaban J connectivity index is 1.41. The maximum absolute atomic E-state index is 6.65. The summed E-state index contributed by atoms with van der Waals surface area (Å²) in [7, 11) is 0. The first-order chi connectivity index (χ1) is 20.8. The summed E-state index contributed by atoms with van der Waals surface area (Å²) in [5, 5.41) is 4.49. The van der Waals surface area contributed by atoms with Crippen molar-refractivity contribution < 1.29 is 4.42 Å². The van der Waals surface area contributed by atoms with Gasteiger partial charge in [-0.3, -0.25) is 0 Å². The van der Waals surface area contributed by atoms with Crippen LogP contribution < -0.4 is 4.90 Å². The summed E-state index contributed by atoms with van der Waals surface area (Å²) in [6.45, 7) is 0. The third-order valence-corrected chi connectivity index (χ3v) is 7.85. The van der Waals surface area contributed by atoms with Gasteiger partial charge in [-0.15, -0.1) is 0 Å². The minimum absolute atomic E-state index is 0.849. The van der Waals surface area contributed by atoms with Crippen molar-refractivity contribution in [1.29, 1.82) is 0 Å².